The summed E-state index contributed by atoms with van der Waals surface area (Å²) >= 11 is 6.10. The zero-order valence-corrected chi connectivity index (χ0v) is 14.8. The van der Waals surface area contributed by atoms with Crippen LogP contribution < -0.4 is 4.74 Å². The second kappa shape index (κ2) is 6.86. The first kappa shape index (κ1) is 16.8. The molecule has 1 amide bonds. The zero-order chi connectivity index (χ0) is 17.2. The topological polar surface area (TPSA) is 29.5 Å². The van der Waals surface area contributed by atoms with Gasteiger partial charge in [0.2, 0.25) is 5.91 Å². The number of halogens is 1. The van der Waals surface area contributed by atoms with Crippen LogP contribution in [0.2, 0.25) is 5.02 Å². The fourth-order valence-electron chi connectivity index (χ4n) is 3.48. The molecule has 0 aromatic heterocycles. The highest BCUT2D eigenvalue weighted by molar-refractivity contribution is 6.30. The largest absolute Gasteiger partial charge is 0.496 e. The van der Waals surface area contributed by atoms with Crippen LogP contribution in [0.4, 0.5) is 0 Å². The van der Waals surface area contributed by atoms with Crippen LogP contribution in [0.15, 0.2) is 48.5 Å². The van der Waals surface area contributed by atoms with Crippen molar-refractivity contribution in [2.45, 2.75) is 31.2 Å². The predicted octanol–water partition coefficient (Wildman–Crippen LogP) is 4.43. The fourth-order valence-corrected chi connectivity index (χ4v) is 3.67. The van der Waals surface area contributed by atoms with Gasteiger partial charge in [-0.1, -0.05) is 48.4 Å². The Kier molecular flexibility index (Phi) is 4.81. The summed E-state index contributed by atoms with van der Waals surface area (Å²) in [4.78, 5) is 15.0. The molecule has 3 nitrogen and oxygen atoms in total. The third kappa shape index (κ3) is 3.01. The fraction of sp³-hybridized carbons (Fsp3) is 0.350. The summed E-state index contributed by atoms with van der Waals surface area (Å²) in [6.45, 7) is 0.483. The summed E-state index contributed by atoms with van der Waals surface area (Å²) in [5, 5.41) is 0.646. The molecule has 1 aliphatic rings. The molecule has 2 aromatic carbocycles. The number of amides is 1. The highest BCUT2D eigenvalue weighted by atomic mass is 35.5. The van der Waals surface area contributed by atoms with Crippen LogP contribution in [-0.2, 0) is 16.8 Å². The van der Waals surface area contributed by atoms with E-state index in [9.17, 15) is 4.79 Å². The van der Waals surface area contributed by atoms with Crippen LogP contribution in [0.3, 0.4) is 0 Å². The van der Waals surface area contributed by atoms with Crippen molar-refractivity contribution in [3.8, 4) is 5.75 Å². The van der Waals surface area contributed by atoms with Gasteiger partial charge in [0.1, 0.15) is 5.75 Å². The molecule has 1 saturated carbocycles. The first-order chi connectivity index (χ1) is 11.6. The summed E-state index contributed by atoms with van der Waals surface area (Å²) in [7, 11) is 3.48. The number of ether oxygens (including phenoxy) is 1. The van der Waals surface area contributed by atoms with Gasteiger partial charge in [0, 0.05) is 24.2 Å². The van der Waals surface area contributed by atoms with Gasteiger partial charge in [-0.25, -0.2) is 0 Å². The van der Waals surface area contributed by atoms with Gasteiger partial charge in [-0.3, -0.25) is 4.79 Å². The molecule has 0 aliphatic heterocycles. The number of nitrogens with zero attached hydrogens (tertiary/aromatic N) is 1. The Morgan fingerprint density at radius 1 is 1.21 bits per heavy atom. The maximum Gasteiger partial charge on any atom is 0.233 e. The third-order valence-corrected chi connectivity index (χ3v) is 5.17. The van der Waals surface area contributed by atoms with Gasteiger partial charge < -0.3 is 9.64 Å². The van der Waals surface area contributed by atoms with E-state index < -0.39 is 0 Å². The number of hydrogen-bond donors (Lipinski definition) is 0. The van der Waals surface area contributed by atoms with Crippen LogP contribution in [-0.4, -0.2) is 25.0 Å². The van der Waals surface area contributed by atoms with Gasteiger partial charge in [-0.05, 0) is 36.6 Å². The molecule has 0 unspecified atom stereocenters. The first-order valence-electron chi connectivity index (χ1n) is 8.20. The minimum absolute atomic E-state index is 0.168. The van der Waals surface area contributed by atoms with Crippen LogP contribution in [0.25, 0.3) is 0 Å². The lowest BCUT2D eigenvalue weighted by molar-refractivity contribution is -0.140. The van der Waals surface area contributed by atoms with Crippen molar-refractivity contribution < 1.29 is 9.53 Å². The molecule has 3 rings (SSSR count). The molecule has 0 radical (unpaired) electrons. The minimum Gasteiger partial charge on any atom is -0.496 e. The standard InChI is InChI=1S/C20H22ClNO2/c1-22(14-15-13-17(21)9-10-18(15)24-2)19(23)20(11-6-12-20)16-7-4-3-5-8-16/h3-5,7-10,13H,6,11-12,14H2,1-2H3. The number of carbonyl (C=O) groups is 1. The Morgan fingerprint density at radius 2 is 1.92 bits per heavy atom. The van der Waals surface area contributed by atoms with E-state index >= 15 is 0 Å². The lowest BCUT2D eigenvalue weighted by Gasteiger charge is -2.43. The predicted molar refractivity (Wildman–Crippen MR) is 96.4 cm³/mol. The van der Waals surface area contributed by atoms with Gasteiger partial charge in [0.05, 0.1) is 12.5 Å². The molecule has 0 saturated heterocycles. The molecule has 0 bridgehead atoms. The SMILES string of the molecule is COc1ccc(Cl)cc1CN(C)C(=O)C1(c2ccccc2)CCC1. The summed E-state index contributed by atoms with van der Waals surface area (Å²) in [6.07, 6.45) is 2.91. The third-order valence-electron chi connectivity index (χ3n) is 4.94. The minimum atomic E-state index is -0.373. The average Bonchev–Trinajstić information content (AvgIpc) is 2.55. The van der Waals surface area contributed by atoms with Crippen LogP contribution in [0.5, 0.6) is 5.75 Å². The number of likely N-dealkylation sites (N-methyl/N-ethyl adjacent to an activating group) is 1. The quantitative estimate of drug-likeness (QED) is 0.803. The molecule has 0 N–H and O–H groups in total. The van der Waals surface area contributed by atoms with Crippen molar-refractivity contribution in [2.24, 2.45) is 0 Å². The first-order valence-corrected chi connectivity index (χ1v) is 8.58. The van der Waals surface area contributed by atoms with Crippen molar-refractivity contribution in [3.05, 3.63) is 64.7 Å². The van der Waals surface area contributed by atoms with Gasteiger partial charge >= 0.3 is 0 Å². The van der Waals surface area contributed by atoms with Gasteiger partial charge in [-0.15, -0.1) is 0 Å². The van der Waals surface area contributed by atoms with Crippen molar-refractivity contribution in [1.29, 1.82) is 0 Å². The lowest BCUT2D eigenvalue weighted by Crippen LogP contribution is -2.49. The van der Waals surface area contributed by atoms with E-state index in [1.165, 1.54) is 0 Å². The van der Waals surface area contributed by atoms with E-state index in [1.807, 2.05) is 37.4 Å². The number of methoxy groups -OCH3 is 1. The summed E-state index contributed by atoms with van der Waals surface area (Å²) in [6, 6.07) is 15.6. The second-order valence-electron chi connectivity index (χ2n) is 6.42. The van der Waals surface area contributed by atoms with E-state index in [1.54, 1.807) is 18.1 Å². The maximum atomic E-state index is 13.2. The van der Waals surface area contributed by atoms with Crippen LogP contribution in [0.1, 0.15) is 30.4 Å². The Hall–Kier alpha value is -2.00. The van der Waals surface area contributed by atoms with Crippen LogP contribution >= 0.6 is 11.6 Å². The lowest BCUT2D eigenvalue weighted by atomic mass is 9.63. The van der Waals surface area contributed by atoms with E-state index in [2.05, 4.69) is 12.1 Å². The maximum absolute atomic E-state index is 13.2. The molecular formula is C20H22ClNO2. The van der Waals surface area contributed by atoms with Crippen molar-refractivity contribution in [1.82, 2.24) is 4.90 Å². The Balaban J connectivity index is 1.83. The smallest absolute Gasteiger partial charge is 0.233 e. The van der Waals surface area contributed by atoms with E-state index in [-0.39, 0.29) is 11.3 Å². The van der Waals surface area contributed by atoms with Crippen molar-refractivity contribution in [3.63, 3.8) is 0 Å². The molecule has 2 aromatic rings. The molecule has 0 heterocycles. The van der Waals surface area contributed by atoms with Gasteiger partial charge in [0.25, 0.3) is 0 Å². The van der Waals surface area contributed by atoms with Gasteiger partial charge in [0.15, 0.2) is 0 Å². The normalized spacial score (nSPS) is 15.5. The monoisotopic (exact) mass is 343 g/mol. The molecule has 24 heavy (non-hydrogen) atoms. The summed E-state index contributed by atoms with van der Waals surface area (Å²) in [5.74, 6) is 0.920. The molecule has 4 heteroatoms. The van der Waals surface area contributed by atoms with E-state index in [0.29, 0.717) is 11.6 Å². The average molecular weight is 344 g/mol. The van der Waals surface area contributed by atoms with Crippen LogP contribution in [0, 0.1) is 0 Å². The molecule has 1 aliphatic carbocycles. The van der Waals surface area contributed by atoms with Crippen molar-refractivity contribution in [2.75, 3.05) is 14.2 Å². The molecular weight excluding hydrogens is 322 g/mol. The highest BCUT2D eigenvalue weighted by Gasteiger charge is 2.46. The zero-order valence-electron chi connectivity index (χ0n) is 14.1. The Labute approximate surface area is 148 Å². The number of hydrogen-bond acceptors (Lipinski definition) is 2. The Bertz CT molecular complexity index is 726. The number of carbonyl (C=O) groups excluding carboxylic acids is 1. The molecule has 0 spiro atoms. The number of benzene rings is 2. The van der Waals surface area contributed by atoms with E-state index in [4.69, 9.17) is 16.3 Å². The number of rotatable bonds is 5. The second-order valence-corrected chi connectivity index (χ2v) is 6.86. The summed E-state index contributed by atoms with van der Waals surface area (Å²) in [5.41, 5.74) is 1.66. The van der Waals surface area contributed by atoms with Gasteiger partial charge in [-0.2, -0.15) is 0 Å². The molecule has 1 fully saturated rings. The van der Waals surface area contributed by atoms with E-state index in [0.717, 1.165) is 36.1 Å². The molecule has 126 valence electrons. The highest BCUT2D eigenvalue weighted by Crippen LogP contribution is 2.45. The Morgan fingerprint density at radius 3 is 2.50 bits per heavy atom. The molecule has 0 atom stereocenters. The summed E-state index contributed by atoms with van der Waals surface area (Å²) < 4.78 is 5.39. The van der Waals surface area contributed by atoms with Crippen molar-refractivity contribution >= 4 is 17.5 Å².